The average Bonchev–Trinajstić information content (AvgIpc) is 3.35. The van der Waals surface area contributed by atoms with E-state index in [1.165, 1.54) is 6.07 Å². The fourth-order valence-electron chi connectivity index (χ4n) is 4.97. The van der Waals surface area contributed by atoms with Gasteiger partial charge in [-0.3, -0.25) is 0 Å². The number of halogens is 4. The molecule has 0 amide bonds. The molecule has 2 aliphatic rings. The van der Waals surface area contributed by atoms with Crippen LogP contribution in [0.5, 0.6) is 0 Å². The second-order valence-corrected chi connectivity index (χ2v) is 11.2. The lowest BCUT2D eigenvalue weighted by Crippen LogP contribution is -2.23. The van der Waals surface area contributed by atoms with Gasteiger partial charge in [-0.1, -0.05) is 24.8 Å². The van der Waals surface area contributed by atoms with E-state index in [-0.39, 0.29) is 11.3 Å². The van der Waals surface area contributed by atoms with Gasteiger partial charge in [0.25, 0.3) is 0 Å². The molecule has 194 valence electrons. The third kappa shape index (κ3) is 6.38. The SMILES string of the molecule is CN(CCCSc1nnc(C2CCOCC2)n1C)CC[C@]1(C)C[C@@H]1c1ccc(C(F)(F)F)cc1F. The van der Waals surface area contributed by atoms with Crippen molar-refractivity contribution in [1.29, 1.82) is 0 Å². The summed E-state index contributed by atoms with van der Waals surface area (Å²) in [5.74, 6) is 1.65. The highest BCUT2D eigenvalue weighted by molar-refractivity contribution is 7.99. The maximum Gasteiger partial charge on any atom is 0.416 e. The third-order valence-corrected chi connectivity index (χ3v) is 8.60. The van der Waals surface area contributed by atoms with Crippen molar-refractivity contribution in [3.05, 3.63) is 41.0 Å². The van der Waals surface area contributed by atoms with Crippen LogP contribution in [0.4, 0.5) is 17.6 Å². The Morgan fingerprint density at radius 1 is 1.20 bits per heavy atom. The van der Waals surface area contributed by atoms with Crippen molar-refractivity contribution in [3.63, 3.8) is 0 Å². The van der Waals surface area contributed by atoms with E-state index < -0.39 is 17.6 Å². The van der Waals surface area contributed by atoms with Gasteiger partial charge in [0.05, 0.1) is 5.56 Å². The van der Waals surface area contributed by atoms with Crippen LogP contribution in [0.1, 0.15) is 67.8 Å². The Hall–Kier alpha value is -1.65. The summed E-state index contributed by atoms with van der Waals surface area (Å²) in [6, 6.07) is 2.93. The number of benzene rings is 1. The Kier molecular flexibility index (Phi) is 8.12. The zero-order chi connectivity index (χ0) is 25.2. The molecule has 2 heterocycles. The molecule has 2 fully saturated rings. The van der Waals surface area contributed by atoms with Crippen molar-refractivity contribution in [2.24, 2.45) is 12.5 Å². The first kappa shape index (κ1) is 26.4. The Balaban J connectivity index is 1.18. The molecular weight excluding hydrogens is 480 g/mol. The lowest BCUT2D eigenvalue weighted by atomic mass is 9.96. The number of rotatable bonds is 10. The third-order valence-electron chi connectivity index (χ3n) is 7.49. The summed E-state index contributed by atoms with van der Waals surface area (Å²) in [6.07, 6.45) is 0.168. The Bertz CT molecular complexity index is 1010. The van der Waals surface area contributed by atoms with Crippen LogP contribution in [0, 0.1) is 11.2 Å². The quantitative estimate of drug-likeness (QED) is 0.226. The zero-order valence-corrected chi connectivity index (χ0v) is 21.4. The molecule has 0 N–H and O–H groups in total. The summed E-state index contributed by atoms with van der Waals surface area (Å²) in [5, 5.41) is 9.74. The van der Waals surface area contributed by atoms with E-state index in [4.69, 9.17) is 4.74 Å². The molecule has 0 spiro atoms. The van der Waals surface area contributed by atoms with Crippen LogP contribution in [0.2, 0.25) is 0 Å². The van der Waals surface area contributed by atoms with E-state index >= 15 is 0 Å². The molecule has 1 aliphatic carbocycles. The lowest BCUT2D eigenvalue weighted by Gasteiger charge is -2.21. The highest BCUT2D eigenvalue weighted by atomic mass is 32.2. The predicted molar refractivity (Wildman–Crippen MR) is 128 cm³/mol. The van der Waals surface area contributed by atoms with Crippen molar-refractivity contribution < 1.29 is 22.3 Å². The molecular formula is C25H34F4N4OS. The van der Waals surface area contributed by atoms with Gasteiger partial charge >= 0.3 is 6.18 Å². The Morgan fingerprint density at radius 2 is 1.94 bits per heavy atom. The monoisotopic (exact) mass is 514 g/mol. The highest BCUT2D eigenvalue weighted by Gasteiger charge is 2.51. The molecule has 1 aromatic heterocycles. The second-order valence-electron chi connectivity index (χ2n) is 10.2. The minimum Gasteiger partial charge on any atom is -0.381 e. The first-order valence-corrected chi connectivity index (χ1v) is 13.2. The molecule has 0 unspecified atom stereocenters. The van der Waals surface area contributed by atoms with Gasteiger partial charge in [-0.05, 0) is 81.3 Å². The van der Waals surface area contributed by atoms with Gasteiger partial charge in [0, 0.05) is 31.9 Å². The number of nitrogens with zero attached hydrogens (tertiary/aromatic N) is 4. The molecule has 10 heteroatoms. The van der Waals surface area contributed by atoms with E-state index in [1.807, 2.05) is 7.05 Å². The van der Waals surface area contributed by atoms with Gasteiger partial charge in [-0.25, -0.2) is 4.39 Å². The predicted octanol–water partition coefficient (Wildman–Crippen LogP) is 5.86. The summed E-state index contributed by atoms with van der Waals surface area (Å²) >= 11 is 1.72. The smallest absolute Gasteiger partial charge is 0.381 e. The first-order chi connectivity index (χ1) is 16.6. The maximum absolute atomic E-state index is 14.4. The molecule has 5 nitrogen and oxygen atoms in total. The number of ether oxygens (including phenoxy) is 1. The van der Waals surface area contributed by atoms with Crippen LogP contribution in [0.25, 0.3) is 0 Å². The van der Waals surface area contributed by atoms with Crippen molar-refractivity contribution in [2.45, 2.75) is 62.2 Å². The van der Waals surface area contributed by atoms with Gasteiger partial charge in [0.2, 0.25) is 0 Å². The average molecular weight is 515 g/mol. The summed E-state index contributed by atoms with van der Waals surface area (Å²) < 4.78 is 60.4. The fourth-order valence-corrected chi connectivity index (χ4v) is 5.82. The molecule has 4 rings (SSSR count). The number of aromatic nitrogens is 3. The Labute approximate surface area is 208 Å². The minimum atomic E-state index is -4.52. The molecule has 2 aromatic rings. The fraction of sp³-hybridized carbons (Fsp3) is 0.680. The number of hydrogen-bond acceptors (Lipinski definition) is 5. The number of alkyl halides is 3. The van der Waals surface area contributed by atoms with Gasteiger partial charge in [0.1, 0.15) is 11.6 Å². The van der Waals surface area contributed by atoms with E-state index in [0.29, 0.717) is 17.5 Å². The van der Waals surface area contributed by atoms with E-state index in [0.717, 1.165) is 81.2 Å². The molecule has 1 saturated carbocycles. The zero-order valence-electron chi connectivity index (χ0n) is 20.6. The number of hydrogen-bond donors (Lipinski definition) is 0. The minimum absolute atomic E-state index is 0.0189. The summed E-state index contributed by atoms with van der Waals surface area (Å²) in [5.41, 5.74) is -0.591. The van der Waals surface area contributed by atoms with Crippen LogP contribution in [-0.4, -0.2) is 58.8 Å². The molecule has 1 aromatic carbocycles. The molecule has 0 radical (unpaired) electrons. The van der Waals surface area contributed by atoms with Gasteiger partial charge in [-0.15, -0.1) is 10.2 Å². The molecule has 1 aliphatic heterocycles. The number of thioether (sulfide) groups is 1. The van der Waals surface area contributed by atoms with Crippen molar-refractivity contribution in [3.8, 4) is 0 Å². The van der Waals surface area contributed by atoms with Gasteiger partial charge in [0.15, 0.2) is 5.16 Å². The molecule has 0 bridgehead atoms. The van der Waals surface area contributed by atoms with E-state index in [2.05, 4.69) is 33.6 Å². The van der Waals surface area contributed by atoms with E-state index in [1.54, 1.807) is 11.8 Å². The van der Waals surface area contributed by atoms with E-state index in [9.17, 15) is 17.6 Å². The molecule has 35 heavy (non-hydrogen) atoms. The van der Waals surface area contributed by atoms with Crippen molar-refractivity contribution in [1.82, 2.24) is 19.7 Å². The van der Waals surface area contributed by atoms with Crippen LogP contribution < -0.4 is 0 Å². The second kappa shape index (κ2) is 10.8. The van der Waals surface area contributed by atoms with Gasteiger partial charge < -0.3 is 14.2 Å². The molecule has 1 saturated heterocycles. The summed E-state index contributed by atoms with van der Waals surface area (Å²) in [6.45, 7) is 5.48. The van der Waals surface area contributed by atoms with Crippen molar-refractivity contribution in [2.75, 3.05) is 39.1 Å². The van der Waals surface area contributed by atoms with Crippen LogP contribution in [0.15, 0.2) is 23.4 Å². The lowest BCUT2D eigenvalue weighted by molar-refractivity contribution is -0.137. The van der Waals surface area contributed by atoms with Crippen molar-refractivity contribution >= 4 is 11.8 Å². The van der Waals surface area contributed by atoms with Crippen LogP contribution >= 0.6 is 11.8 Å². The van der Waals surface area contributed by atoms with Crippen LogP contribution in [0.3, 0.4) is 0 Å². The normalized spacial score (nSPS) is 23.3. The Morgan fingerprint density at radius 3 is 2.63 bits per heavy atom. The summed E-state index contributed by atoms with van der Waals surface area (Å²) in [4.78, 5) is 2.27. The highest BCUT2D eigenvalue weighted by Crippen LogP contribution is 2.61. The van der Waals surface area contributed by atoms with Crippen LogP contribution in [-0.2, 0) is 18.0 Å². The largest absolute Gasteiger partial charge is 0.416 e. The molecule has 2 atom stereocenters. The standard InChI is InChI=1S/C25H34F4N4OS/c1-24(16-20(24)19-6-5-18(15-21(19)26)25(27,28)29)9-11-32(2)10-4-14-35-23-31-30-22(33(23)3)17-7-12-34-13-8-17/h5-6,15,17,20H,4,7-14,16H2,1-3H3/t20-,24-/m1/s1. The summed E-state index contributed by atoms with van der Waals surface area (Å²) in [7, 11) is 4.11. The topological polar surface area (TPSA) is 43.2 Å². The maximum atomic E-state index is 14.4. The van der Waals surface area contributed by atoms with Gasteiger partial charge in [-0.2, -0.15) is 13.2 Å². The first-order valence-electron chi connectivity index (χ1n) is 12.2.